The molecule has 0 spiro atoms. The number of nitrogens with one attached hydrogen (secondary N) is 1. The summed E-state index contributed by atoms with van der Waals surface area (Å²) in [6, 6.07) is 10.9. The van der Waals surface area contributed by atoms with E-state index in [0.29, 0.717) is 10.7 Å². The minimum absolute atomic E-state index is 0.0708. The maximum absolute atomic E-state index is 12.4. The third-order valence-electron chi connectivity index (χ3n) is 5.13. The van der Waals surface area contributed by atoms with Crippen molar-refractivity contribution >= 4 is 40.8 Å². The van der Waals surface area contributed by atoms with Crippen LogP contribution in [0.4, 0.5) is 11.4 Å². The number of halogens is 1. The molecule has 0 aromatic heterocycles. The van der Waals surface area contributed by atoms with Crippen LogP contribution in [-0.4, -0.2) is 30.9 Å². The molecule has 2 aromatic rings. The van der Waals surface area contributed by atoms with Gasteiger partial charge in [-0.15, -0.1) is 0 Å². The van der Waals surface area contributed by atoms with Crippen molar-refractivity contribution < 1.29 is 19.1 Å². The lowest BCUT2D eigenvalue weighted by atomic mass is 10.1. The zero-order chi connectivity index (χ0) is 21.1. The van der Waals surface area contributed by atoms with Crippen molar-refractivity contribution in [3.8, 4) is 0 Å². The summed E-state index contributed by atoms with van der Waals surface area (Å²) in [7, 11) is 0. The molecule has 0 saturated carbocycles. The normalized spacial score (nSPS) is 16.1. The molecule has 3 rings (SSSR count). The van der Waals surface area contributed by atoms with Crippen molar-refractivity contribution in [3.63, 3.8) is 0 Å². The summed E-state index contributed by atoms with van der Waals surface area (Å²) < 4.78 is 5.14. The summed E-state index contributed by atoms with van der Waals surface area (Å²) in [5.41, 5.74) is 4.31. The van der Waals surface area contributed by atoms with E-state index in [9.17, 15) is 14.4 Å². The summed E-state index contributed by atoms with van der Waals surface area (Å²) in [4.78, 5) is 38.5. The molecule has 2 aromatic carbocycles. The van der Waals surface area contributed by atoms with Crippen molar-refractivity contribution in [1.82, 2.24) is 0 Å². The topological polar surface area (TPSA) is 75.7 Å². The highest BCUT2D eigenvalue weighted by Gasteiger charge is 2.37. The Hall–Kier alpha value is -2.86. The zero-order valence-electron chi connectivity index (χ0n) is 16.6. The molecule has 6 nitrogen and oxygen atoms in total. The quantitative estimate of drug-likeness (QED) is 0.755. The Bertz CT molecular complexity index is 973. The van der Waals surface area contributed by atoms with E-state index in [0.717, 1.165) is 22.4 Å². The van der Waals surface area contributed by atoms with Crippen LogP contribution in [0.25, 0.3) is 0 Å². The SMILES string of the molecule is Cc1ccc(NC(=O)COC(=O)[C@@H]2CC(=O)N(c3cccc(C)c3C)C2)cc1Cl. The van der Waals surface area contributed by atoms with Crippen LogP contribution in [0.3, 0.4) is 0 Å². The van der Waals surface area contributed by atoms with Gasteiger partial charge in [-0.1, -0.05) is 29.8 Å². The number of ether oxygens (including phenoxy) is 1. The van der Waals surface area contributed by atoms with E-state index in [1.165, 1.54) is 0 Å². The summed E-state index contributed by atoms with van der Waals surface area (Å²) >= 11 is 6.04. The van der Waals surface area contributed by atoms with E-state index in [-0.39, 0.29) is 18.9 Å². The van der Waals surface area contributed by atoms with Crippen LogP contribution in [-0.2, 0) is 19.1 Å². The van der Waals surface area contributed by atoms with Crippen molar-refractivity contribution in [2.24, 2.45) is 5.92 Å². The summed E-state index contributed by atoms with van der Waals surface area (Å²) in [5.74, 6) is -1.74. The number of benzene rings is 2. The zero-order valence-corrected chi connectivity index (χ0v) is 17.4. The van der Waals surface area contributed by atoms with Crippen LogP contribution in [0.2, 0.25) is 5.02 Å². The van der Waals surface area contributed by atoms with Crippen LogP contribution >= 0.6 is 11.6 Å². The standard InChI is InChI=1S/C22H23ClN2O4/c1-13-5-4-6-19(15(13)3)25-11-16(9-21(25)27)22(28)29-12-20(26)24-17-8-7-14(2)18(23)10-17/h4-8,10,16H,9,11-12H2,1-3H3,(H,24,26)/t16-/m1/s1. The molecule has 7 heteroatoms. The fourth-order valence-corrected chi connectivity index (χ4v) is 3.43. The van der Waals surface area contributed by atoms with E-state index in [2.05, 4.69) is 5.32 Å². The van der Waals surface area contributed by atoms with E-state index in [4.69, 9.17) is 16.3 Å². The van der Waals surface area contributed by atoms with Gasteiger partial charge < -0.3 is 15.0 Å². The smallest absolute Gasteiger partial charge is 0.311 e. The molecule has 0 bridgehead atoms. The number of rotatable bonds is 5. The predicted molar refractivity (Wildman–Crippen MR) is 112 cm³/mol. The Balaban J connectivity index is 1.56. The second-order valence-electron chi connectivity index (χ2n) is 7.24. The lowest BCUT2D eigenvalue weighted by molar-refractivity contribution is -0.151. The van der Waals surface area contributed by atoms with Crippen LogP contribution in [0.15, 0.2) is 36.4 Å². The molecule has 1 heterocycles. The van der Waals surface area contributed by atoms with Crippen LogP contribution in [0.1, 0.15) is 23.1 Å². The van der Waals surface area contributed by atoms with Gasteiger partial charge >= 0.3 is 5.97 Å². The average Bonchev–Trinajstić information content (AvgIpc) is 3.06. The van der Waals surface area contributed by atoms with Gasteiger partial charge in [-0.2, -0.15) is 0 Å². The molecule has 0 radical (unpaired) electrons. The molecule has 1 atom stereocenters. The van der Waals surface area contributed by atoms with Crippen LogP contribution in [0.5, 0.6) is 0 Å². The lowest BCUT2D eigenvalue weighted by Crippen LogP contribution is -2.28. The molecule has 0 aliphatic carbocycles. The largest absolute Gasteiger partial charge is 0.455 e. The summed E-state index contributed by atoms with van der Waals surface area (Å²) in [6.07, 6.45) is 0.0708. The third-order valence-corrected chi connectivity index (χ3v) is 5.53. The predicted octanol–water partition coefficient (Wildman–Crippen LogP) is 3.80. The van der Waals surface area contributed by atoms with Crippen molar-refractivity contribution in [2.75, 3.05) is 23.4 Å². The van der Waals surface area contributed by atoms with Gasteiger partial charge in [-0.3, -0.25) is 14.4 Å². The first kappa shape index (κ1) is 20.9. The van der Waals surface area contributed by atoms with Gasteiger partial charge in [0.2, 0.25) is 5.91 Å². The number of esters is 1. The number of carbonyl (C=O) groups excluding carboxylic acids is 3. The number of hydrogen-bond acceptors (Lipinski definition) is 4. The third kappa shape index (κ3) is 4.77. The van der Waals surface area contributed by atoms with Gasteiger partial charge in [-0.05, 0) is 55.7 Å². The van der Waals surface area contributed by atoms with E-state index >= 15 is 0 Å². The fraction of sp³-hybridized carbons (Fsp3) is 0.318. The van der Waals surface area contributed by atoms with E-state index in [1.54, 1.807) is 23.1 Å². The average molecular weight is 415 g/mol. The number of hydrogen-bond donors (Lipinski definition) is 1. The van der Waals surface area contributed by atoms with Gasteiger partial charge in [0.1, 0.15) is 0 Å². The lowest BCUT2D eigenvalue weighted by Gasteiger charge is -2.20. The van der Waals surface area contributed by atoms with E-state index < -0.39 is 24.4 Å². The first-order chi connectivity index (χ1) is 13.8. The fourth-order valence-electron chi connectivity index (χ4n) is 3.25. The van der Waals surface area contributed by atoms with Crippen molar-refractivity contribution in [3.05, 3.63) is 58.1 Å². The monoisotopic (exact) mass is 414 g/mol. The van der Waals surface area contributed by atoms with Crippen molar-refractivity contribution in [2.45, 2.75) is 27.2 Å². The van der Waals surface area contributed by atoms with Crippen molar-refractivity contribution in [1.29, 1.82) is 0 Å². The maximum atomic E-state index is 12.4. The Morgan fingerprint density at radius 1 is 1.17 bits per heavy atom. The Kier molecular flexibility index (Phi) is 6.23. The molecule has 1 aliphatic heterocycles. The molecule has 1 fully saturated rings. The number of anilines is 2. The maximum Gasteiger partial charge on any atom is 0.311 e. The second-order valence-corrected chi connectivity index (χ2v) is 7.65. The Morgan fingerprint density at radius 3 is 2.66 bits per heavy atom. The Labute approximate surface area is 174 Å². The first-order valence-corrected chi connectivity index (χ1v) is 9.73. The molecule has 1 N–H and O–H groups in total. The number of carbonyl (C=O) groups is 3. The molecule has 152 valence electrons. The summed E-state index contributed by atoms with van der Waals surface area (Å²) in [5, 5.41) is 3.17. The van der Waals surface area contributed by atoms with Crippen LogP contribution < -0.4 is 10.2 Å². The number of aryl methyl sites for hydroxylation is 2. The van der Waals surface area contributed by atoms with Gasteiger partial charge in [-0.25, -0.2) is 0 Å². The van der Waals surface area contributed by atoms with Gasteiger partial charge in [0.25, 0.3) is 5.91 Å². The first-order valence-electron chi connectivity index (χ1n) is 9.35. The molecule has 2 amide bonds. The molecule has 29 heavy (non-hydrogen) atoms. The highest BCUT2D eigenvalue weighted by Crippen LogP contribution is 2.29. The second kappa shape index (κ2) is 8.66. The molecular formula is C22H23ClN2O4. The Morgan fingerprint density at radius 2 is 1.93 bits per heavy atom. The molecular weight excluding hydrogens is 392 g/mol. The number of nitrogens with zero attached hydrogens (tertiary/aromatic N) is 1. The van der Waals surface area contributed by atoms with Gasteiger partial charge in [0, 0.05) is 29.4 Å². The van der Waals surface area contributed by atoms with Gasteiger partial charge in [0.05, 0.1) is 5.92 Å². The highest BCUT2D eigenvalue weighted by atomic mass is 35.5. The highest BCUT2D eigenvalue weighted by molar-refractivity contribution is 6.31. The minimum Gasteiger partial charge on any atom is -0.455 e. The summed E-state index contributed by atoms with van der Waals surface area (Å²) in [6.45, 7) is 5.62. The minimum atomic E-state index is -0.593. The van der Waals surface area contributed by atoms with Crippen LogP contribution in [0, 0.1) is 26.7 Å². The molecule has 0 unspecified atom stereocenters. The van der Waals surface area contributed by atoms with E-state index in [1.807, 2.05) is 39.0 Å². The number of amides is 2. The molecule has 1 aliphatic rings. The molecule has 1 saturated heterocycles. The van der Waals surface area contributed by atoms with Gasteiger partial charge in [0.15, 0.2) is 6.61 Å².